The first-order chi connectivity index (χ1) is 7.68. The maximum Gasteiger partial charge on any atom is 0.277 e. The van der Waals surface area contributed by atoms with E-state index in [1.165, 1.54) is 0 Å². The Hall–Kier alpha value is -0.460. The van der Waals surface area contributed by atoms with Crippen LogP contribution in [-0.4, -0.2) is 26.1 Å². The molecule has 2 rings (SSSR count). The molecular weight excluding hydrogens is 254 g/mol. The van der Waals surface area contributed by atoms with E-state index in [0.29, 0.717) is 0 Å². The predicted molar refractivity (Wildman–Crippen MR) is 69.0 cm³/mol. The summed E-state index contributed by atoms with van der Waals surface area (Å²) in [6, 6.07) is 0. The van der Waals surface area contributed by atoms with E-state index in [0.717, 1.165) is 12.8 Å². The van der Waals surface area contributed by atoms with E-state index in [2.05, 4.69) is 0 Å². The summed E-state index contributed by atoms with van der Waals surface area (Å²) in [5, 5.41) is -0.948. The molecule has 2 aliphatic rings. The van der Waals surface area contributed by atoms with Crippen molar-refractivity contribution in [3.8, 4) is 0 Å². The van der Waals surface area contributed by atoms with Crippen molar-refractivity contribution < 1.29 is 17.4 Å². The van der Waals surface area contributed by atoms with Gasteiger partial charge in [0.1, 0.15) is 5.25 Å². The molecule has 0 saturated heterocycles. The fourth-order valence-corrected chi connectivity index (χ4v) is 5.45. The summed E-state index contributed by atoms with van der Waals surface area (Å²) < 4.78 is 28.9. The Bertz CT molecular complexity index is 457. The van der Waals surface area contributed by atoms with Crippen molar-refractivity contribution in [2.75, 3.05) is 6.61 Å². The average Bonchev–Trinajstić information content (AvgIpc) is 2.49. The number of Topliss-reactive ketones (excluding diaryl/α,β-unsaturated/α-hetero) is 1. The first kappa shape index (κ1) is 15.6. The minimum absolute atomic E-state index is 0. The standard InChI is InChI=1S/C12H20O4S.H3N/c1-5-16-17(14,15)9-8-6-7-12(4,10(9)13)11(8,2)3;/h8-9H,5-7H2,1-4H3;1H3. The number of carbonyl (C=O) groups is 1. The number of rotatable bonds is 3. The fraction of sp³-hybridized carbons (Fsp3) is 0.917. The second-order valence-electron chi connectivity index (χ2n) is 5.88. The van der Waals surface area contributed by atoms with Crippen molar-refractivity contribution in [2.24, 2.45) is 16.7 Å². The van der Waals surface area contributed by atoms with E-state index in [-0.39, 0.29) is 29.9 Å². The third-order valence-electron chi connectivity index (χ3n) is 5.07. The van der Waals surface area contributed by atoms with Crippen molar-refractivity contribution in [1.29, 1.82) is 0 Å². The molecule has 3 unspecified atom stereocenters. The van der Waals surface area contributed by atoms with Gasteiger partial charge in [-0.1, -0.05) is 20.8 Å². The monoisotopic (exact) mass is 277 g/mol. The maximum absolute atomic E-state index is 12.4. The van der Waals surface area contributed by atoms with Crippen molar-refractivity contribution in [3.05, 3.63) is 0 Å². The lowest BCUT2D eigenvalue weighted by Crippen LogP contribution is -2.39. The van der Waals surface area contributed by atoms with Crippen LogP contribution in [0.25, 0.3) is 0 Å². The summed E-state index contributed by atoms with van der Waals surface area (Å²) in [6.07, 6.45) is 1.59. The molecule has 2 fully saturated rings. The molecule has 3 atom stereocenters. The molecule has 2 saturated carbocycles. The van der Waals surface area contributed by atoms with Gasteiger partial charge in [0.15, 0.2) is 5.78 Å². The van der Waals surface area contributed by atoms with E-state index in [1.807, 2.05) is 20.8 Å². The normalized spacial score (nSPS) is 37.7. The van der Waals surface area contributed by atoms with Crippen LogP contribution >= 0.6 is 0 Å². The van der Waals surface area contributed by atoms with Crippen LogP contribution in [-0.2, 0) is 19.1 Å². The van der Waals surface area contributed by atoms with Crippen molar-refractivity contribution in [3.63, 3.8) is 0 Å². The van der Waals surface area contributed by atoms with Crippen LogP contribution in [0, 0.1) is 16.7 Å². The lowest BCUT2D eigenvalue weighted by Gasteiger charge is -2.32. The Morgan fingerprint density at radius 3 is 2.28 bits per heavy atom. The van der Waals surface area contributed by atoms with Crippen LogP contribution in [0.4, 0.5) is 0 Å². The summed E-state index contributed by atoms with van der Waals surface area (Å²) >= 11 is 0. The second-order valence-corrected chi connectivity index (χ2v) is 7.61. The van der Waals surface area contributed by atoms with E-state index < -0.39 is 20.8 Å². The SMILES string of the molecule is CCOS(=O)(=O)C1C(=O)C2(C)CCC1C2(C)C.N. The topological polar surface area (TPSA) is 95.4 Å². The highest BCUT2D eigenvalue weighted by atomic mass is 32.2. The number of hydrogen-bond donors (Lipinski definition) is 1. The second kappa shape index (κ2) is 4.28. The molecule has 18 heavy (non-hydrogen) atoms. The first-order valence-electron chi connectivity index (χ1n) is 6.11. The Labute approximate surface area is 109 Å². The molecule has 0 aromatic rings. The molecule has 0 aromatic heterocycles. The van der Waals surface area contributed by atoms with Crippen molar-refractivity contribution in [1.82, 2.24) is 6.15 Å². The van der Waals surface area contributed by atoms with Crippen LogP contribution in [0.3, 0.4) is 0 Å². The smallest absolute Gasteiger partial charge is 0.277 e. The van der Waals surface area contributed by atoms with Gasteiger partial charge in [0.05, 0.1) is 6.61 Å². The molecule has 5 nitrogen and oxygen atoms in total. The first-order valence-corrected chi connectivity index (χ1v) is 7.58. The summed E-state index contributed by atoms with van der Waals surface area (Å²) in [4.78, 5) is 12.4. The van der Waals surface area contributed by atoms with Gasteiger partial charge in [-0.25, -0.2) is 0 Å². The van der Waals surface area contributed by atoms with E-state index >= 15 is 0 Å². The summed E-state index contributed by atoms with van der Waals surface area (Å²) in [6.45, 7) is 7.63. The molecule has 0 aliphatic heterocycles. The highest BCUT2D eigenvalue weighted by molar-refractivity contribution is 7.88. The Kier molecular flexibility index (Phi) is 3.71. The van der Waals surface area contributed by atoms with Crippen molar-refractivity contribution in [2.45, 2.75) is 45.8 Å². The van der Waals surface area contributed by atoms with Crippen LogP contribution < -0.4 is 6.15 Å². The quantitative estimate of drug-likeness (QED) is 0.795. The Morgan fingerprint density at radius 1 is 1.33 bits per heavy atom. The van der Waals surface area contributed by atoms with Crippen molar-refractivity contribution >= 4 is 15.9 Å². The Balaban J connectivity index is 0.00000162. The molecule has 0 amide bonds. The van der Waals surface area contributed by atoms with Gasteiger partial charge in [-0.2, -0.15) is 8.42 Å². The summed E-state index contributed by atoms with van der Waals surface area (Å²) in [7, 11) is -3.75. The average molecular weight is 277 g/mol. The Morgan fingerprint density at radius 2 is 1.89 bits per heavy atom. The van der Waals surface area contributed by atoms with E-state index in [1.54, 1.807) is 6.92 Å². The number of fused-ring (bicyclic) bond motifs is 2. The summed E-state index contributed by atoms with van der Waals surface area (Å²) in [5.41, 5.74) is -0.759. The number of hydrogen-bond acceptors (Lipinski definition) is 5. The van der Waals surface area contributed by atoms with Gasteiger partial charge in [-0.05, 0) is 31.1 Å². The number of carbonyl (C=O) groups excluding carboxylic acids is 1. The molecule has 0 radical (unpaired) electrons. The molecule has 0 heterocycles. The fourth-order valence-electron chi connectivity index (χ4n) is 3.57. The molecule has 106 valence electrons. The summed E-state index contributed by atoms with van der Waals surface area (Å²) in [5.74, 6) is -0.247. The minimum atomic E-state index is -3.75. The number of ketones is 1. The third-order valence-corrected chi connectivity index (χ3v) is 6.79. The lowest BCUT2D eigenvalue weighted by atomic mass is 9.70. The maximum atomic E-state index is 12.4. The van der Waals surface area contributed by atoms with E-state index in [4.69, 9.17) is 4.18 Å². The zero-order chi connectivity index (χ0) is 13.1. The molecule has 2 bridgehead atoms. The highest BCUT2D eigenvalue weighted by Crippen LogP contribution is 2.64. The molecular formula is C12H23NO4S. The van der Waals surface area contributed by atoms with Gasteiger partial charge in [0, 0.05) is 5.41 Å². The van der Waals surface area contributed by atoms with Crippen LogP contribution in [0.2, 0.25) is 0 Å². The predicted octanol–water partition coefficient (Wildman–Crippen LogP) is 1.91. The van der Waals surface area contributed by atoms with Crippen LogP contribution in [0.1, 0.15) is 40.5 Å². The largest absolute Gasteiger partial charge is 0.344 e. The van der Waals surface area contributed by atoms with Gasteiger partial charge in [0.25, 0.3) is 10.1 Å². The highest BCUT2D eigenvalue weighted by Gasteiger charge is 2.69. The zero-order valence-corrected chi connectivity index (χ0v) is 12.3. The van der Waals surface area contributed by atoms with Gasteiger partial charge in [-0.15, -0.1) is 0 Å². The van der Waals surface area contributed by atoms with Crippen LogP contribution in [0.15, 0.2) is 0 Å². The van der Waals surface area contributed by atoms with Gasteiger partial charge < -0.3 is 6.15 Å². The molecule has 3 N–H and O–H groups in total. The van der Waals surface area contributed by atoms with Crippen LogP contribution in [0.5, 0.6) is 0 Å². The molecule has 0 spiro atoms. The van der Waals surface area contributed by atoms with E-state index in [9.17, 15) is 13.2 Å². The molecule has 6 heteroatoms. The molecule has 2 aliphatic carbocycles. The zero-order valence-electron chi connectivity index (χ0n) is 11.5. The molecule has 0 aromatic carbocycles. The van der Waals surface area contributed by atoms with Gasteiger partial charge in [-0.3, -0.25) is 8.98 Å². The van der Waals surface area contributed by atoms with Gasteiger partial charge >= 0.3 is 0 Å². The third kappa shape index (κ3) is 1.66. The van der Waals surface area contributed by atoms with Gasteiger partial charge in [0.2, 0.25) is 0 Å². The minimum Gasteiger partial charge on any atom is -0.344 e. The lowest BCUT2D eigenvalue weighted by molar-refractivity contribution is -0.128.